The fraction of sp³-hybridized carbons (Fsp3) is 0.450. The molecule has 0 spiro atoms. The van der Waals surface area contributed by atoms with Crippen LogP contribution in [0.3, 0.4) is 0 Å². The zero-order valence-corrected chi connectivity index (χ0v) is 16.1. The molecule has 1 aromatic carbocycles. The van der Waals surface area contributed by atoms with Gasteiger partial charge in [0.05, 0.1) is 19.9 Å². The third-order valence-corrected chi connectivity index (χ3v) is 4.93. The van der Waals surface area contributed by atoms with Gasteiger partial charge in [0, 0.05) is 29.8 Å². The van der Waals surface area contributed by atoms with Crippen molar-refractivity contribution < 1.29 is 14.3 Å². The minimum Gasteiger partial charge on any atom is -0.481 e. The first kappa shape index (κ1) is 19.1. The van der Waals surface area contributed by atoms with Crippen LogP contribution in [-0.2, 0) is 0 Å². The van der Waals surface area contributed by atoms with Crippen LogP contribution in [0.1, 0.15) is 29.6 Å². The molecule has 1 N–H and O–H groups in total. The van der Waals surface area contributed by atoms with Crippen LogP contribution in [0.15, 0.2) is 30.3 Å². The Morgan fingerprint density at radius 2 is 2.11 bits per heavy atom. The van der Waals surface area contributed by atoms with Crippen LogP contribution in [0.4, 0.5) is 0 Å². The number of aromatic nitrogens is 2. The Balaban J connectivity index is 1.68. The van der Waals surface area contributed by atoms with Crippen LogP contribution in [0, 0.1) is 0 Å². The van der Waals surface area contributed by atoms with Crippen molar-refractivity contribution in [2.75, 3.05) is 34.4 Å². The molecule has 2 heterocycles. The molecule has 27 heavy (non-hydrogen) atoms. The van der Waals surface area contributed by atoms with Gasteiger partial charge in [-0.2, -0.15) is 9.97 Å². The maximum absolute atomic E-state index is 12.5. The van der Waals surface area contributed by atoms with Crippen LogP contribution in [-0.4, -0.2) is 61.2 Å². The fourth-order valence-electron chi connectivity index (χ4n) is 3.37. The molecule has 0 saturated carbocycles. The molecule has 144 valence electrons. The molecular formula is C20H26N4O3. The van der Waals surface area contributed by atoms with Crippen LogP contribution in [0.5, 0.6) is 11.9 Å². The van der Waals surface area contributed by atoms with E-state index in [9.17, 15) is 4.79 Å². The summed E-state index contributed by atoms with van der Waals surface area (Å²) in [6.07, 6.45) is 3.42. The van der Waals surface area contributed by atoms with Crippen molar-refractivity contribution in [3.05, 3.63) is 35.9 Å². The third-order valence-electron chi connectivity index (χ3n) is 4.93. The van der Waals surface area contributed by atoms with Crippen molar-refractivity contribution >= 4 is 5.91 Å². The molecule has 1 saturated heterocycles. The molecule has 1 aliphatic heterocycles. The van der Waals surface area contributed by atoms with E-state index in [1.165, 1.54) is 27.1 Å². The molecule has 1 atom stereocenters. The van der Waals surface area contributed by atoms with E-state index in [2.05, 4.69) is 27.2 Å². The molecule has 3 rings (SSSR count). The Morgan fingerprint density at radius 3 is 2.81 bits per heavy atom. The lowest BCUT2D eigenvalue weighted by molar-refractivity contribution is 0.0950. The van der Waals surface area contributed by atoms with E-state index in [-0.39, 0.29) is 11.9 Å². The molecule has 2 aromatic rings. The molecule has 0 unspecified atom stereocenters. The van der Waals surface area contributed by atoms with Crippen LogP contribution >= 0.6 is 0 Å². The van der Waals surface area contributed by atoms with E-state index in [4.69, 9.17) is 9.47 Å². The van der Waals surface area contributed by atoms with E-state index in [0.29, 0.717) is 29.7 Å². The fourth-order valence-corrected chi connectivity index (χ4v) is 3.37. The number of benzene rings is 1. The number of carbonyl (C=O) groups is 1. The maximum atomic E-state index is 12.5. The Morgan fingerprint density at radius 1 is 1.26 bits per heavy atom. The second kappa shape index (κ2) is 8.81. The Bertz CT molecular complexity index is 774. The summed E-state index contributed by atoms with van der Waals surface area (Å²) in [4.78, 5) is 23.3. The van der Waals surface area contributed by atoms with Gasteiger partial charge in [-0.15, -0.1) is 0 Å². The van der Waals surface area contributed by atoms with Gasteiger partial charge in [0.1, 0.15) is 0 Å². The van der Waals surface area contributed by atoms with Gasteiger partial charge in [-0.3, -0.25) is 4.79 Å². The normalized spacial score (nSPS) is 16.9. The first-order valence-corrected chi connectivity index (χ1v) is 9.16. The summed E-state index contributed by atoms with van der Waals surface area (Å²) in [6.45, 7) is 1.82. The molecule has 0 bridgehead atoms. The summed E-state index contributed by atoms with van der Waals surface area (Å²) in [6, 6.07) is 9.86. The monoisotopic (exact) mass is 370 g/mol. The Labute approximate surface area is 159 Å². The second-order valence-electron chi connectivity index (χ2n) is 6.68. The summed E-state index contributed by atoms with van der Waals surface area (Å²) in [5.41, 5.74) is 2.04. The van der Waals surface area contributed by atoms with E-state index >= 15 is 0 Å². The predicted octanol–water partition coefficient (Wildman–Crippen LogP) is 2.37. The number of methoxy groups -OCH3 is 2. The zero-order valence-electron chi connectivity index (χ0n) is 16.1. The van der Waals surface area contributed by atoms with Gasteiger partial charge in [0.25, 0.3) is 5.91 Å². The predicted molar refractivity (Wildman–Crippen MR) is 103 cm³/mol. The molecule has 0 aliphatic carbocycles. The molecule has 1 fully saturated rings. The lowest BCUT2D eigenvalue weighted by atomic mass is 10.1. The number of carbonyl (C=O) groups excluding carboxylic acids is 1. The number of nitrogens with zero attached hydrogens (tertiary/aromatic N) is 3. The minimum absolute atomic E-state index is 0.0783. The topological polar surface area (TPSA) is 76.6 Å². The number of ether oxygens (including phenoxy) is 2. The van der Waals surface area contributed by atoms with Gasteiger partial charge in [-0.1, -0.05) is 12.1 Å². The Kier molecular flexibility index (Phi) is 6.24. The Hall–Kier alpha value is -2.67. The lowest BCUT2D eigenvalue weighted by Gasteiger charge is -2.19. The van der Waals surface area contributed by atoms with E-state index in [0.717, 1.165) is 18.5 Å². The highest BCUT2D eigenvalue weighted by molar-refractivity contribution is 5.95. The van der Waals surface area contributed by atoms with Gasteiger partial charge >= 0.3 is 6.01 Å². The molecule has 7 heteroatoms. The van der Waals surface area contributed by atoms with Crippen LogP contribution < -0.4 is 14.8 Å². The van der Waals surface area contributed by atoms with Gasteiger partial charge in [0.2, 0.25) is 5.88 Å². The summed E-state index contributed by atoms with van der Waals surface area (Å²) in [5, 5.41) is 3.02. The first-order chi connectivity index (χ1) is 13.1. The van der Waals surface area contributed by atoms with E-state index < -0.39 is 0 Å². The van der Waals surface area contributed by atoms with Crippen molar-refractivity contribution in [3.8, 4) is 23.1 Å². The summed E-state index contributed by atoms with van der Waals surface area (Å²) >= 11 is 0. The zero-order chi connectivity index (χ0) is 19.2. The molecule has 1 amide bonds. The van der Waals surface area contributed by atoms with Crippen molar-refractivity contribution in [1.82, 2.24) is 20.2 Å². The maximum Gasteiger partial charge on any atom is 0.320 e. The highest BCUT2D eigenvalue weighted by Gasteiger charge is 2.20. The van der Waals surface area contributed by atoms with Gasteiger partial charge in [-0.05, 0) is 45.0 Å². The van der Waals surface area contributed by atoms with Gasteiger partial charge < -0.3 is 19.7 Å². The standard InChI is InChI=1S/C20H26N4O3/c1-24-11-5-8-16(24)9-10-21-19(25)15-7-4-6-14(12-15)17-13-18(26-2)23-20(22-17)27-3/h4,6-7,12-13,16H,5,8-11H2,1-3H3,(H,21,25)/t16-/m1/s1. The molecule has 7 nitrogen and oxygen atoms in total. The summed E-state index contributed by atoms with van der Waals surface area (Å²) < 4.78 is 10.3. The average Bonchev–Trinajstić information content (AvgIpc) is 3.12. The van der Waals surface area contributed by atoms with Gasteiger partial charge in [-0.25, -0.2) is 0 Å². The number of hydrogen-bond acceptors (Lipinski definition) is 6. The smallest absolute Gasteiger partial charge is 0.320 e. The largest absolute Gasteiger partial charge is 0.481 e. The second-order valence-corrected chi connectivity index (χ2v) is 6.68. The quantitative estimate of drug-likeness (QED) is 0.806. The molecule has 0 radical (unpaired) electrons. The minimum atomic E-state index is -0.0783. The van der Waals surface area contributed by atoms with Crippen molar-refractivity contribution in [1.29, 1.82) is 0 Å². The number of nitrogens with one attached hydrogen (secondary N) is 1. The average molecular weight is 370 g/mol. The lowest BCUT2D eigenvalue weighted by Crippen LogP contribution is -2.31. The van der Waals surface area contributed by atoms with Crippen molar-refractivity contribution in [2.24, 2.45) is 0 Å². The third kappa shape index (κ3) is 4.74. The van der Waals surface area contributed by atoms with Gasteiger partial charge in [0.15, 0.2) is 0 Å². The highest BCUT2D eigenvalue weighted by Crippen LogP contribution is 2.24. The summed E-state index contributed by atoms with van der Waals surface area (Å²) in [7, 11) is 5.19. The van der Waals surface area contributed by atoms with E-state index in [1.807, 2.05) is 18.2 Å². The molecule has 1 aliphatic rings. The first-order valence-electron chi connectivity index (χ1n) is 9.16. The molecular weight excluding hydrogens is 344 g/mol. The highest BCUT2D eigenvalue weighted by atomic mass is 16.5. The number of hydrogen-bond donors (Lipinski definition) is 1. The van der Waals surface area contributed by atoms with Crippen LogP contribution in [0.25, 0.3) is 11.3 Å². The number of amides is 1. The molecule has 1 aromatic heterocycles. The van der Waals surface area contributed by atoms with Crippen molar-refractivity contribution in [3.63, 3.8) is 0 Å². The number of likely N-dealkylation sites (tertiary alicyclic amines) is 1. The number of rotatable bonds is 7. The van der Waals surface area contributed by atoms with Crippen molar-refractivity contribution in [2.45, 2.75) is 25.3 Å². The van der Waals surface area contributed by atoms with E-state index in [1.54, 1.807) is 12.1 Å². The SMILES string of the molecule is COc1cc(-c2cccc(C(=O)NCC[C@H]3CCCN3C)c2)nc(OC)n1. The van der Waals surface area contributed by atoms with Crippen LogP contribution in [0.2, 0.25) is 0 Å². The summed E-state index contributed by atoms with van der Waals surface area (Å²) in [5.74, 6) is 0.331.